The van der Waals surface area contributed by atoms with Gasteiger partial charge in [0.1, 0.15) is 0 Å². The Morgan fingerprint density at radius 3 is 2.93 bits per heavy atom. The molecular weight excluding hydrogens is 214 g/mol. The minimum absolute atomic E-state index is 0.115. The first-order valence-corrected chi connectivity index (χ1v) is 5.21. The molecule has 1 heterocycles. The van der Waals surface area contributed by atoms with E-state index in [0.29, 0.717) is 18.7 Å². The summed E-state index contributed by atoms with van der Waals surface area (Å²) in [5.74, 6) is -0.115. The van der Waals surface area contributed by atoms with E-state index in [-0.39, 0.29) is 11.1 Å². The summed E-state index contributed by atoms with van der Waals surface area (Å²) < 4.78 is 4.88. The van der Waals surface area contributed by atoms with Crippen LogP contribution < -0.4 is 0 Å². The fourth-order valence-electron chi connectivity index (χ4n) is 1.32. The number of hydrogen-bond acceptors (Lipinski definition) is 2. The van der Waals surface area contributed by atoms with Crippen LogP contribution in [0.1, 0.15) is 23.7 Å². The van der Waals surface area contributed by atoms with Crippen LogP contribution in [0.15, 0.2) is 29.4 Å². The van der Waals surface area contributed by atoms with E-state index in [1.54, 1.807) is 17.0 Å². The van der Waals surface area contributed by atoms with Crippen LogP contribution in [0.25, 0.3) is 0 Å². The predicted molar refractivity (Wildman–Crippen MR) is 60.1 cm³/mol. The zero-order valence-electron chi connectivity index (χ0n) is 8.70. The Hall–Kier alpha value is -1.22. The van der Waals surface area contributed by atoms with Crippen molar-refractivity contribution in [3.63, 3.8) is 0 Å². The standard InChI is InChI=1S/C11H14ClNO2/c1-3-6-13(7-4-2)11(14)9-5-8-15-10(9)12/h3,5,8H,1,4,6-7H2,2H3. The molecule has 0 spiro atoms. The average Bonchev–Trinajstić information content (AvgIpc) is 2.63. The van der Waals surface area contributed by atoms with E-state index < -0.39 is 0 Å². The van der Waals surface area contributed by atoms with Gasteiger partial charge in [-0.3, -0.25) is 4.79 Å². The lowest BCUT2D eigenvalue weighted by Gasteiger charge is -2.19. The minimum atomic E-state index is -0.115. The maximum Gasteiger partial charge on any atom is 0.259 e. The highest BCUT2D eigenvalue weighted by Crippen LogP contribution is 2.18. The number of carbonyl (C=O) groups is 1. The molecule has 0 atom stereocenters. The molecule has 15 heavy (non-hydrogen) atoms. The van der Waals surface area contributed by atoms with Gasteiger partial charge in [-0.05, 0) is 24.1 Å². The lowest BCUT2D eigenvalue weighted by Crippen LogP contribution is -2.31. The number of nitrogens with zero attached hydrogens (tertiary/aromatic N) is 1. The first-order chi connectivity index (χ1) is 7.20. The van der Waals surface area contributed by atoms with Crippen LogP contribution in [-0.4, -0.2) is 23.9 Å². The number of amides is 1. The van der Waals surface area contributed by atoms with Gasteiger partial charge < -0.3 is 9.32 Å². The predicted octanol–water partition coefficient (Wildman–Crippen LogP) is 2.97. The van der Waals surface area contributed by atoms with E-state index >= 15 is 0 Å². The summed E-state index contributed by atoms with van der Waals surface area (Å²) in [5.41, 5.74) is 0.409. The maximum atomic E-state index is 11.9. The third-order valence-corrected chi connectivity index (χ3v) is 2.27. The molecule has 0 aliphatic heterocycles. The fraction of sp³-hybridized carbons (Fsp3) is 0.364. The average molecular weight is 228 g/mol. The van der Waals surface area contributed by atoms with Gasteiger partial charge in [-0.2, -0.15) is 0 Å². The number of carbonyl (C=O) groups excluding carboxylic acids is 1. The third-order valence-electron chi connectivity index (χ3n) is 1.98. The largest absolute Gasteiger partial charge is 0.452 e. The Balaban J connectivity index is 2.80. The Labute approximate surface area is 94.3 Å². The summed E-state index contributed by atoms with van der Waals surface area (Å²) in [6.07, 6.45) is 4.00. The molecule has 1 rings (SSSR count). The van der Waals surface area contributed by atoms with Crippen LogP contribution in [0, 0.1) is 0 Å². The summed E-state index contributed by atoms with van der Waals surface area (Å²) in [5, 5.41) is 0.144. The molecule has 3 nitrogen and oxygen atoms in total. The molecule has 0 aromatic carbocycles. The van der Waals surface area contributed by atoms with E-state index in [4.69, 9.17) is 16.0 Å². The molecule has 82 valence electrons. The molecule has 1 amide bonds. The zero-order chi connectivity index (χ0) is 11.3. The zero-order valence-corrected chi connectivity index (χ0v) is 9.46. The van der Waals surface area contributed by atoms with Crippen molar-refractivity contribution < 1.29 is 9.21 Å². The van der Waals surface area contributed by atoms with Crippen LogP contribution in [0.4, 0.5) is 0 Å². The monoisotopic (exact) mass is 227 g/mol. The molecule has 4 heteroatoms. The van der Waals surface area contributed by atoms with Gasteiger partial charge in [-0.1, -0.05) is 13.0 Å². The smallest absolute Gasteiger partial charge is 0.259 e. The van der Waals surface area contributed by atoms with E-state index in [0.717, 1.165) is 6.42 Å². The van der Waals surface area contributed by atoms with Crippen LogP contribution in [0.2, 0.25) is 5.22 Å². The van der Waals surface area contributed by atoms with Crippen LogP contribution in [0.5, 0.6) is 0 Å². The van der Waals surface area contributed by atoms with E-state index in [1.165, 1.54) is 6.26 Å². The molecule has 1 aromatic rings. The highest BCUT2D eigenvalue weighted by Gasteiger charge is 2.18. The van der Waals surface area contributed by atoms with Crippen molar-refractivity contribution in [1.29, 1.82) is 0 Å². The first kappa shape index (κ1) is 11.9. The summed E-state index contributed by atoms with van der Waals surface area (Å²) in [7, 11) is 0. The Morgan fingerprint density at radius 2 is 2.47 bits per heavy atom. The van der Waals surface area contributed by atoms with Crippen molar-refractivity contribution in [2.24, 2.45) is 0 Å². The summed E-state index contributed by atoms with van der Waals surface area (Å²) in [6.45, 7) is 6.84. The van der Waals surface area contributed by atoms with Gasteiger partial charge in [0.05, 0.1) is 11.8 Å². The van der Waals surface area contributed by atoms with Gasteiger partial charge >= 0.3 is 0 Å². The molecule has 0 radical (unpaired) electrons. The van der Waals surface area contributed by atoms with Crippen molar-refractivity contribution in [3.05, 3.63) is 35.8 Å². The highest BCUT2D eigenvalue weighted by molar-refractivity contribution is 6.32. The van der Waals surface area contributed by atoms with E-state index in [9.17, 15) is 4.79 Å². The number of hydrogen-bond donors (Lipinski definition) is 0. The molecule has 0 aliphatic carbocycles. The molecule has 0 saturated heterocycles. The molecule has 0 bridgehead atoms. The van der Waals surface area contributed by atoms with Crippen LogP contribution in [0.3, 0.4) is 0 Å². The second-order valence-electron chi connectivity index (χ2n) is 3.15. The first-order valence-electron chi connectivity index (χ1n) is 4.83. The van der Waals surface area contributed by atoms with Gasteiger partial charge in [-0.15, -0.1) is 6.58 Å². The minimum Gasteiger partial charge on any atom is -0.452 e. The van der Waals surface area contributed by atoms with Crippen molar-refractivity contribution in [1.82, 2.24) is 4.90 Å². The fourth-order valence-corrected chi connectivity index (χ4v) is 1.51. The highest BCUT2D eigenvalue weighted by atomic mass is 35.5. The second kappa shape index (κ2) is 5.61. The summed E-state index contributed by atoms with van der Waals surface area (Å²) in [6, 6.07) is 1.58. The SMILES string of the molecule is C=CCN(CCC)C(=O)c1ccoc1Cl. The summed E-state index contributed by atoms with van der Waals surface area (Å²) >= 11 is 5.74. The van der Waals surface area contributed by atoms with Crippen molar-refractivity contribution in [3.8, 4) is 0 Å². The Morgan fingerprint density at radius 1 is 1.73 bits per heavy atom. The number of furan rings is 1. The maximum absolute atomic E-state index is 11.9. The van der Waals surface area contributed by atoms with Crippen molar-refractivity contribution in [2.45, 2.75) is 13.3 Å². The van der Waals surface area contributed by atoms with E-state index in [1.807, 2.05) is 6.92 Å². The lowest BCUT2D eigenvalue weighted by atomic mass is 10.2. The van der Waals surface area contributed by atoms with Gasteiger partial charge in [0.15, 0.2) is 0 Å². The molecular formula is C11H14ClNO2. The van der Waals surface area contributed by atoms with Crippen molar-refractivity contribution >= 4 is 17.5 Å². The molecule has 0 saturated carbocycles. The quantitative estimate of drug-likeness (QED) is 0.725. The number of rotatable bonds is 5. The van der Waals surface area contributed by atoms with Gasteiger partial charge in [0, 0.05) is 13.1 Å². The van der Waals surface area contributed by atoms with Gasteiger partial charge in [-0.25, -0.2) is 0 Å². The van der Waals surface area contributed by atoms with E-state index in [2.05, 4.69) is 6.58 Å². The topological polar surface area (TPSA) is 33.5 Å². The summed E-state index contributed by atoms with van der Waals surface area (Å²) in [4.78, 5) is 13.6. The molecule has 0 unspecified atom stereocenters. The molecule has 1 aromatic heterocycles. The number of halogens is 1. The third kappa shape index (κ3) is 2.86. The lowest BCUT2D eigenvalue weighted by molar-refractivity contribution is 0.0773. The Bertz CT molecular complexity index is 346. The molecule has 0 N–H and O–H groups in total. The van der Waals surface area contributed by atoms with Gasteiger partial charge in [0.25, 0.3) is 5.91 Å². The van der Waals surface area contributed by atoms with Crippen molar-refractivity contribution in [2.75, 3.05) is 13.1 Å². The molecule has 0 aliphatic rings. The van der Waals surface area contributed by atoms with Crippen LogP contribution in [-0.2, 0) is 0 Å². The Kier molecular flexibility index (Phi) is 4.43. The molecule has 0 fully saturated rings. The van der Waals surface area contributed by atoms with Crippen LogP contribution >= 0.6 is 11.6 Å². The normalized spacial score (nSPS) is 10.0. The second-order valence-corrected chi connectivity index (χ2v) is 3.49. The van der Waals surface area contributed by atoms with Gasteiger partial charge in [0.2, 0.25) is 5.22 Å².